The number of rotatable bonds is 8. The van der Waals surface area contributed by atoms with E-state index in [0.29, 0.717) is 18.0 Å². The first-order valence-electron chi connectivity index (χ1n) is 13.0. The van der Waals surface area contributed by atoms with Gasteiger partial charge in [-0.05, 0) is 69.3 Å². The van der Waals surface area contributed by atoms with Crippen molar-refractivity contribution in [1.29, 1.82) is 0 Å². The number of alkyl halides is 3. The van der Waals surface area contributed by atoms with E-state index in [1.165, 1.54) is 44.9 Å². The van der Waals surface area contributed by atoms with Crippen LogP contribution in [0.25, 0.3) is 10.9 Å². The summed E-state index contributed by atoms with van der Waals surface area (Å²) in [5.41, 5.74) is 2.16. The molecule has 2 aliphatic rings. The topological polar surface area (TPSA) is 46.2 Å². The van der Waals surface area contributed by atoms with E-state index in [9.17, 15) is 13.2 Å². The number of hydrogen-bond donors (Lipinski definition) is 2. The first-order valence-corrected chi connectivity index (χ1v) is 13.0. The van der Waals surface area contributed by atoms with Crippen LogP contribution in [0.3, 0.4) is 0 Å². The van der Waals surface area contributed by atoms with Crippen LogP contribution in [0.4, 0.5) is 24.5 Å². The fraction of sp³-hybridized carbons (Fsp3) is 0.483. The van der Waals surface area contributed by atoms with Gasteiger partial charge in [0.15, 0.2) is 0 Å². The van der Waals surface area contributed by atoms with Gasteiger partial charge in [0.25, 0.3) is 0 Å². The quantitative estimate of drug-likeness (QED) is 0.312. The molecule has 1 aromatic heterocycles. The minimum absolute atomic E-state index is 0.218. The Morgan fingerprint density at radius 3 is 2.61 bits per heavy atom. The summed E-state index contributed by atoms with van der Waals surface area (Å²) in [5, 5.41) is 7.80. The van der Waals surface area contributed by atoms with Gasteiger partial charge in [-0.2, -0.15) is 13.2 Å². The molecule has 7 heteroatoms. The van der Waals surface area contributed by atoms with Crippen molar-refractivity contribution < 1.29 is 17.9 Å². The number of halogens is 3. The number of hydrogen-bond acceptors (Lipinski definition) is 4. The highest BCUT2D eigenvalue weighted by Gasteiger charge is 2.38. The monoisotopic (exact) mass is 497 g/mol. The molecule has 1 heterocycles. The Balaban J connectivity index is 1.26. The van der Waals surface area contributed by atoms with Crippen molar-refractivity contribution >= 4 is 22.3 Å². The molecule has 3 aromatic rings. The summed E-state index contributed by atoms with van der Waals surface area (Å²) in [7, 11) is 0. The van der Waals surface area contributed by atoms with Crippen LogP contribution in [-0.2, 0) is 6.18 Å². The Labute approximate surface area is 210 Å². The molecule has 0 atom stereocenters. The summed E-state index contributed by atoms with van der Waals surface area (Å²) < 4.78 is 46.8. The molecule has 2 fully saturated rings. The fourth-order valence-electron chi connectivity index (χ4n) is 6.04. The van der Waals surface area contributed by atoms with Crippen molar-refractivity contribution in [3.63, 3.8) is 0 Å². The Morgan fingerprint density at radius 1 is 1.06 bits per heavy atom. The lowest BCUT2D eigenvalue weighted by Crippen LogP contribution is -2.51. The fourth-order valence-corrected chi connectivity index (χ4v) is 6.04. The lowest BCUT2D eigenvalue weighted by molar-refractivity contribution is -0.137. The molecular formula is C29H34F3N3O. The zero-order valence-electron chi connectivity index (χ0n) is 20.8. The number of benzene rings is 2. The number of anilines is 2. The molecule has 36 heavy (non-hydrogen) atoms. The zero-order chi connectivity index (χ0) is 25.2. The van der Waals surface area contributed by atoms with Crippen molar-refractivity contribution in [1.82, 2.24) is 10.3 Å². The van der Waals surface area contributed by atoms with Crippen molar-refractivity contribution in [2.45, 2.75) is 70.0 Å². The molecule has 5 rings (SSSR count). The number of aromatic nitrogens is 1. The third kappa shape index (κ3) is 5.77. The molecule has 0 amide bonds. The first kappa shape index (κ1) is 24.9. The molecule has 0 radical (unpaired) electrons. The van der Waals surface area contributed by atoms with E-state index >= 15 is 0 Å². The Kier molecular flexibility index (Phi) is 7.11. The summed E-state index contributed by atoms with van der Waals surface area (Å²) in [6.07, 6.45) is 5.30. The van der Waals surface area contributed by atoms with Gasteiger partial charge in [0.2, 0.25) is 0 Å². The Bertz CT molecular complexity index is 1200. The second kappa shape index (κ2) is 10.3. The molecular weight excluding hydrogens is 463 g/mol. The lowest BCUT2D eigenvalue weighted by atomic mass is 9.67. The standard InChI is InChI=1S/C29H34F3N3O/c1-20-15-27(25-9-2-3-10-26(25)34-20)35-23-16-22(29(30,31)32)17-24(18-23)36-14-6-13-33-28-11-4-7-21(19-28)8-5-12-28/h2-3,9-10,15-18,21,33H,4-8,11-14,19H2,1H3,(H,34,35). The third-order valence-electron chi connectivity index (χ3n) is 7.66. The number of pyridine rings is 1. The number of ether oxygens (including phenoxy) is 1. The maximum atomic E-state index is 13.7. The SMILES string of the molecule is Cc1cc(Nc2cc(OCCCNC34CCCC(CCC3)C4)cc(C(F)(F)F)c2)c2ccccc2n1. The normalized spacial score (nSPS) is 21.9. The minimum Gasteiger partial charge on any atom is -0.493 e. The van der Waals surface area contributed by atoms with E-state index in [0.717, 1.165) is 47.6 Å². The van der Waals surface area contributed by atoms with Gasteiger partial charge in [-0.1, -0.05) is 43.9 Å². The molecule has 2 bridgehead atoms. The van der Waals surface area contributed by atoms with Crippen molar-refractivity contribution in [3.05, 3.63) is 59.8 Å². The van der Waals surface area contributed by atoms with Crippen LogP contribution in [0.2, 0.25) is 0 Å². The summed E-state index contributed by atoms with van der Waals surface area (Å²) >= 11 is 0. The number of fused-ring (bicyclic) bond motifs is 3. The molecule has 2 aromatic carbocycles. The van der Waals surface area contributed by atoms with Crippen molar-refractivity contribution in [3.8, 4) is 5.75 Å². The Hall–Kier alpha value is -2.80. The molecule has 4 nitrogen and oxygen atoms in total. The molecule has 0 unspecified atom stereocenters. The van der Waals surface area contributed by atoms with E-state index in [-0.39, 0.29) is 11.3 Å². The second-order valence-electron chi connectivity index (χ2n) is 10.5. The number of para-hydroxylation sites is 1. The zero-order valence-corrected chi connectivity index (χ0v) is 20.8. The maximum absolute atomic E-state index is 13.7. The predicted molar refractivity (Wildman–Crippen MR) is 138 cm³/mol. The number of nitrogens with zero attached hydrogens (tertiary/aromatic N) is 1. The van der Waals surface area contributed by atoms with Gasteiger partial charge in [-0.15, -0.1) is 0 Å². The van der Waals surface area contributed by atoms with E-state index in [2.05, 4.69) is 15.6 Å². The minimum atomic E-state index is -4.47. The first-order chi connectivity index (χ1) is 17.3. The summed E-state index contributed by atoms with van der Waals surface area (Å²) in [5.74, 6) is 1.07. The van der Waals surface area contributed by atoms with Crippen LogP contribution < -0.4 is 15.4 Å². The second-order valence-corrected chi connectivity index (χ2v) is 10.5. The molecule has 0 spiro atoms. The highest BCUT2D eigenvalue weighted by Crippen LogP contribution is 2.42. The van der Waals surface area contributed by atoms with Crippen LogP contribution in [0.1, 0.15) is 62.6 Å². The number of aryl methyl sites for hydroxylation is 1. The lowest BCUT2D eigenvalue weighted by Gasteiger charge is -2.46. The summed E-state index contributed by atoms with van der Waals surface area (Å²) in [6.45, 7) is 3.05. The largest absolute Gasteiger partial charge is 0.493 e. The van der Waals surface area contributed by atoms with Crippen LogP contribution >= 0.6 is 0 Å². The van der Waals surface area contributed by atoms with Gasteiger partial charge in [-0.25, -0.2) is 0 Å². The molecule has 0 aliphatic heterocycles. The van der Waals surface area contributed by atoms with Gasteiger partial charge >= 0.3 is 6.18 Å². The average molecular weight is 498 g/mol. The maximum Gasteiger partial charge on any atom is 0.416 e. The van der Waals surface area contributed by atoms with Gasteiger partial charge in [0.1, 0.15) is 5.75 Å². The average Bonchev–Trinajstić information content (AvgIpc) is 2.83. The molecule has 0 saturated heterocycles. The van der Waals surface area contributed by atoms with Crippen LogP contribution in [-0.4, -0.2) is 23.7 Å². The van der Waals surface area contributed by atoms with Crippen LogP contribution in [0.15, 0.2) is 48.5 Å². The van der Waals surface area contributed by atoms with E-state index < -0.39 is 11.7 Å². The smallest absolute Gasteiger partial charge is 0.416 e. The van der Waals surface area contributed by atoms with E-state index in [1.807, 2.05) is 37.3 Å². The molecule has 2 aliphatic carbocycles. The van der Waals surface area contributed by atoms with Gasteiger partial charge < -0.3 is 15.4 Å². The van der Waals surface area contributed by atoms with Crippen molar-refractivity contribution in [2.24, 2.45) is 5.92 Å². The summed E-state index contributed by atoms with van der Waals surface area (Å²) in [4.78, 5) is 4.51. The molecule has 192 valence electrons. The highest BCUT2D eigenvalue weighted by molar-refractivity contribution is 5.93. The predicted octanol–water partition coefficient (Wildman–Crippen LogP) is 7.78. The molecule has 2 N–H and O–H groups in total. The Morgan fingerprint density at radius 2 is 1.83 bits per heavy atom. The van der Waals surface area contributed by atoms with Crippen LogP contribution in [0.5, 0.6) is 5.75 Å². The third-order valence-corrected chi connectivity index (χ3v) is 7.66. The van der Waals surface area contributed by atoms with E-state index in [4.69, 9.17) is 4.74 Å². The summed E-state index contributed by atoms with van der Waals surface area (Å²) in [6, 6.07) is 13.3. The van der Waals surface area contributed by atoms with Gasteiger partial charge in [-0.3, -0.25) is 4.98 Å². The van der Waals surface area contributed by atoms with Gasteiger partial charge in [0.05, 0.1) is 17.7 Å². The van der Waals surface area contributed by atoms with Crippen LogP contribution in [0, 0.1) is 12.8 Å². The van der Waals surface area contributed by atoms with Gasteiger partial charge in [0, 0.05) is 34.1 Å². The number of nitrogens with one attached hydrogen (secondary N) is 2. The highest BCUT2D eigenvalue weighted by atomic mass is 19.4. The van der Waals surface area contributed by atoms with E-state index in [1.54, 1.807) is 6.07 Å². The van der Waals surface area contributed by atoms with Crippen molar-refractivity contribution in [2.75, 3.05) is 18.5 Å². The molecule has 2 saturated carbocycles.